The van der Waals surface area contributed by atoms with Gasteiger partial charge in [0.05, 0.1) is 0 Å². The molecular formula is C61H102O6. The van der Waals surface area contributed by atoms with Gasteiger partial charge < -0.3 is 14.2 Å². The Morgan fingerprint density at radius 3 is 0.910 bits per heavy atom. The number of ether oxygens (including phenoxy) is 3. The standard InChI is InChI=1S/C61H102O6/c1-4-7-10-13-16-19-22-24-25-26-27-28-29-30-31-32-33-34-35-36-37-38-40-42-45-48-51-54-60(63)66-57-58(56-65-59(62)53-50-47-44-41-21-18-15-12-9-6-3)67-61(64)55-52-49-46-43-39-23-20-17-14-11-8-5-2/h7,10,16,19,24-25,27-28,30-31,33-34,36-37,40,42,58H,4-6,8-9,11-15,17-18,20-23,26,29,32,35,38-39,41,43-57H2,1-3H3/b10-7-,19-16-,25-24-,28-27-,31-30-,34-33-,37-36-,42-40-. The summed E-state index contributed by atoms with van der Waals surface area (Å²) in [5.41, 5.74) is 0. The van der Waals surface area contributed by atoms with Gasteiger partial charge in [-0.2, -0.15) is 0 Å². The molecule has 0 aromatic carbocycles. The minimum Gasteiger partial charge on any atom is -0.462 e. The Morgan fingerprint density at radius 1 is 0.313 bits per heavy atom. The second-order valence-corrected chi connectivity index (χ2v) is 18.1. The minimum atomic E-state index is -0.791. The molecule has 382 valence electrons. The zero-order valence-electron chi connectivity index (χ0n) is 43.6. The van der Waals surface area contributed by atoms with Gasteiger partial charge in [-0.3, -0.25) is 14.4 Å². The van der Waals surface area contributed by atoms with Crippen LogP contribution >= 0.6 is 0 Å². The van der Waals surface area contributed by atoms with E-state index in [0.29, 0.717) is 19.3 Å². The first-order valence-corrected chi connectivity index (χ1v) is 27.7. The number of hydrogen-bond donors (Lipinski definition) is 0. The fraction of sp³-hybridized carbons (Fsp3) is 0.689. The van der Waals surface area contributed by atoms with Crippen molar-refractivity contribution in [3.63, 3.8) is 0 Å². The molecular weight excluding hydrogens is 829 g/mol. The molecule has 0 heterocycles. The molecule has 0 spiro atoms. The molecule has 0 amide bonds. The maximum Gasteiger partial charge on any atom is 0.306 e. The van der Waals surface area contributed by atoms with E-state index in [1.807, 2.05) is 0 Å². The van der Waals surface area contributed by atoms with Crippen LogP contribution in [0.4, 0.5) is 0 Å². The first kappa shape index (κ1) is 63.3. The van der Waals surface area contributed by atoms with E-state index in [1.165, 1.54) is 103 Å². The van der Waals surface area contributed by atoms with Crippen LogP contribution in [0, 0.1) is 0 Å². The van der Waals surface area contributed by atoms with Crippen molar-refractivity contribution in [2.45, 2.75) is 258 Å². The number of carbonyl (C=O) groups excluding carboxylic acids is 3. The Balaban J connectivity index is 4.34. The number of esters is 3. The average Bonchev–Trinajstić information content (AvgIpc) is 3.33. The topological polar surface area (TPSA) is 78.9 Å². The highest BCUT2D eigenvalue weighted by Crippen LogP contribution is 2.15. The minimum absolute atomic E-state index is 0.0886. The molecule has 0 saturated heterocycles. The molecule has 1 atom stereocenters. The molecule has 0 bridgehead atoms. The van der Waals surface area contributed by atoms with Crippen molar-refractivity contribution < 1.29 is 28.6 Å². The summed E-state index contributed by atoms with van der Waals surface area (Å²) in [5, 5.41) is 0. The molecule has 0 radical (unpaired) electrons. The van der Waals surface area contributed by atoms with E-state index in [2.05, 4.69) is 118 Å². The monoisotopic (exact) mass is 931 g/mol. The quantitative estimate of drug-likeness (QED) is 0.0262. The Kier molecular flexibility index (Phi) is 51.9. The van der Waals surface area contributed by atoms with Gasteiger partial charge in [-0.25, -0.2) is 0 Å². The van der Waals surface area contributed by atoms with Crippen molar-refractivity contribution in [1.82, 2.24) is 0 Å². The molecule has 1 unspecified atom stereocenters. The molecule has 0 aliphatic carbocycles. The Morgan fingerprint density at radius 2 is 0.582 bits per heavy atom. The van der Waals surface area contributed by atoms with E-state index >= 15 is 0 Å². The highest BCUT2D eigenvalue weighted by molar-refractivity contribution is 5.71. The van der Waals surface area contributed by atoms with Crippen LogP contribution in [-0.4, -0.2) is 37.2 Å². The Bertz CT molecular complexity index is 1350. The molecule has 0 aliphatic heterocycles. The van der Waals surface area contributed by atoms with Crippen LogP contribution < -0.4 is 0 Å². The predicted octanol–water partition coefficient (Wildman–Crippen LogP) is 18.5. The van der Waals surface area contributed by atoms with Gasteiger partial charge in [0.15, 0.2) is 6.10 Å². The van der Waals surface area contributed by atoms with Gasteiger partial charge in [0.2, 0.25) is 0 Å². The number of allylic oxidation sites excluding steroid dienone is 16. The number of rotatable bonds is 49. The number of carbonyl (C=O) groups is 3. The Labute approximate surface area is 413 Å². The summed E-state index contributed by atoms with van der Waals surface area (Å²) in [6, 6.07) is 0. The third kappa shape index (κ3) is 53.2. The highest BCUT2D eigenvalue weighted by atomic mass is 16.6. The van der Waals surface area contributed by atoms with Crippen LogP contribution in [0.5, 0.6) is 0 Å². The Hall–Kier alpha value is -3.67. The normalized spacial score (nSPS) is 12.8. The lowest BCUT2D eigenvalue weighted by molar-refractivity contribution is -0.167. The lowest BCUT2D eigenvalue weighted by Gasteiger charge is -2.18. The number of unbranched alkanes of at least 4 members (excludes halogenated alkanes) is 22. The SMILES string of the molecule is CC/C=C\C/C=C\C/C=C\C/C=C\C/C=C\C/C=C\C/C=C\C/C=C\CCCCC(=O)OCC(COC(=O)CCCCCCCCCCCC)OC(=O)CCCCCCCCCCCCCC. The fourth-order valence-corrected chi connectivity index (χ4v) is 7.46. The van der Waals surface area contributed by atoms with Crippen molar-refractivity contribution >= 4 is 17.9 Å². The van der Waals surface area contributed by atoms with Crippen molar-refractivity contribution in [1.29, 1.82) is 0 Å². The summed E-state index contributed by atoms with van der Waals surface area (Å²) in [7, 11) is 0. The van der Waals surface area contributed by atoms with Gasteiger partial charge in [-0.05, 0) is 83.5 Å². The molecule has 0 saturated carbocycles. The van der Waals surface area contributed by atoms with Gasteiger partial charge in [-0.1, -0.05) is 246 Å². The van der Waals surface area contributed by atoms with Gasteiger partial charge in [-0.15, -0.1) is 0 Å². The first-order chi connectivity index (χ1) is 33.0. The molecule has 67 heavy (non-hydrogen) atoms. The summed E-state index contributed by atoms with van der Waals surface area (Å²) in [6.45, 7) is 6.47. The summed E-state index contributed by atoms with van der Waals surface area (Å²) in [6.07, 6.45) is 72.6. The zero-order valence-corrected chi connectivity index (χ0v) is 43.6. The van der Waals surface area contributed by atoms with Crippen LogP contribution in [-0.2, 0) is 28.6 Å². The van der Waals surface area contributed by atoms with Crippen LogP contribution in [0.25, 0.3) is 0 Å². The van der Waals surface area contributed by atoms with E-state index in [4.69, 9.17) is 14.2 Å². The van der Waals surface area contributed by atoms with Crippen LogP contribution in [0.15, 0.2) is 97.2 Å². The second-order valence-electron chi connectivity index (χ2n) is 18.1. The molecule has 0 aliphatic rings. The zero-order chi connectivity index (χ0) is 48.6. The van der Waals surface area contributed by atoms with Gasteiger partial charge in [0, 0.05) is 19.3 Å². The third-order valence-corrected chi connectivity index (χ3v) is 11.6. The third-order valence-electron chi connectivity index (χ3n) is 11.6. The number of hydrogen-bond acceptors (Lipinski definition) is 6. The van der Waals surface area contributed by atoms with Crippen molar-refractivity contribution in [3.05, 3.63) is 97.2 Å². The molecule has 0 rings (SSSR count). The maximum atomic E-state index is 12.8. The van der Waals surface area contributed by atoms with Crippen LogP contribution in [0.2, 0.25) is 0 Å². The van der Waals surface area contributed by atoms with E-state index in [9.17, 15) is 14.4 Å². The molecule has 6 nitrogen and oxygen atoms in total. The lowest BCUT2D eigenvalue weighted by Crippen LogP contribution is -2.30. The van der Waals surface area contributed by atoms with Gasteiger partial charge >= 0.3 is 17.9 Å². The van der Waals surface area contributed by atoms with E-state index in [1.54, 1.807) is 0 Å². The first-order valence-electron chi connectivity index (χ1n) is 27.7. The molecule has 0 N–H and O–H groups in total. The van der Waals surface area contributed by atoms with Crippen LogP contribution in [0.1, 0.15) is 252 Å². The fourth-order valence-electron chi connectivity index (χ4n) is 7.46. The summed E-state index contributed by atoms with van der Waals surface area (Å²) >= 11 is 0. The highest BCUT2D eigenvalue weighted by Gasteiger charge is 2.19. The summed E-state index contributed by atoms with van der Waals surface area (Å²) in [5.74, 6) is -0.935. The van der Waals surface area contributed by atoms with E-state index in [0.717, 1.165) is 109 Å². The maximum absolute atomic E-state index is 12.8. The van der Waals surface area contributed by atoms with Crippen molar-refractivity contribution in [2.75, 3.05) is 13.2 Å². The summed E-state index contributed by atoms with van der Waals surface area (Å²) < 4.78 is 16.8. The smallest absolute Gasteiger partial charge is 0.306 e. The molecule has 6 heteroatoms. The molecule has 0 fully saturated rings. The van der Waals surface area contributed by atoms with E-state index in [-0.39, 0.29) is 31.1 Å². The van der Waals surface area contributed by atoms with Crippen LogP contribution in [0.3, 0.4) is 0 Å². The van der Waals surface area contributed by atoms with Gasteiger partial charge in [0.25, 0.3) is 0 Å². The summed E-state index contributed by atoms with van der Waals surface area (Å²) in [4.78, 5) is 37.9. The second kappa shape index (κ2) is 54.9. The van der Waals surface area contributed by atoms with Crippen molar-refractivity contribution in [3.8, 4) is 0 Å². The molecule has 0 aromatic heterocycles. The average molecular weight is 931 g/mol. The predicted molar refractivity (Wildman–Crippen MR) is 288 cm³/mol. The van der Waals surface area contributed by atoms with E-state index < -0.39 is 6.10 Å². The lowest BCUT2D eigenvalue weighted by atomic mass is 10.0. The van der Waals surface area contributed by atoms with Gasteiger partial charge in [0.1, 0.15) is 13.2 Å². The molecule has 0 aromatic rings. The largest absolute Gasteiger partial charge is 0.462 e. The van der Waals surface area contributed by atoms with Crippen molar-refractivity contribution in [2.24, 2.45) is 0 Å².